The normalized spacial score (nSPS) is 13.0. The van der Waals surface area contributed by atoms with Gasteiger partial charge in [-0.2, -0.15) is 0 Å². The highest BCUT2D eigenvalue weighted by atomic mass is 32.1. The molecule has 0 aliphatic heterocycles. The number of rotatable bonds is 6. The van der Waals surface area contributed by atoms with Crippen LogP contribution in [0.4, 0.5) is 4.79 Å². The Balaban J connectivity index is 2.42. The second-order valence-electron chi connectivity index (χ2n) is 6.20. The Morgan fingerprint density at radius 1 is 1.48 bits per heavy atom. The number of amides is 1. The zero-order valence-corrected chi connectivity index (χ0v) is 14.8. The van der Waals surface area contributed by atoms with Crippen LogP contribution in [0.2, 0.25) is 0 Å². The number of nitrogens with one attached hydrogen (secondary N) is 1. The molecule has 0 saturated carbocycles. The Kier molecular flexibility index (Phi) is 6.68. The Morgan fingerprint density at radius 3 is 2.62 bits per heavy atom. The second-order valence-corrected chi connectivity index (χ2v) is 7.15. The smallest absolute Gasteiger partial charge is 0.410 e. The molecule has 0 radical (unpaired) electrons. The summed E-state index contributed by atoms with van der Waals surface area (Å²) in [7, 11) is 0. The minimum absolute atomic E-state index is 0.244. The molecule has 1 amide bonds. The van der Waals surface area contributed by atoms with Gasteiger partial charge >= 0.3 is 6.09 Å². The van der Waals surface area contributed by atoms with E-state index in [-0.39, 0.29) is 6.09 Å². The summed E-state index contributed by atoms with van der Waals surface area (Å²) >= 11 is 1.77. The van der Waals surface area contributed by atoms with Gasteiger partial charge in [0.2, 0.25) is 0 Å². The number of aryl methyl sites for hydroxylation is 1. The summed E-state index contributed by atoms with van der Waals surface area (Å²) in [5.74, 6) is 0. The zero-order chi connectivity index (χ0) is 16.0. The molecule has 1 unspecified atom stereocenters. The van der Waals surface area contributed by atoms with E-state index < -0.39 is 5.60 Å². The molecule has 120 valence electrons. The molecule has 0 aliphatic carbocycles. The van der Waals surface area contributed by atoms with E-state index >= 15 is 0 Å². The van der Waals surface area contributed by atoms with Crippen molar-refractivity contribution in [1.82, 2.24) is 10.2 Å². The van der Waals surface area contributed by atoms with Crippen LogP contribution in [0.15, 0.2) is 11.4 Å². The molecule has 21 heavy (non-hydrogen) atoms. The largest absolute Gasteiger partial charge is 0.444 e. The summed E-state index contributed by atoms with van der Waals surface area (Å²) < 4.78 is 5.40. The van der Waals surface area contributed by atoms with Crippen molar-refractivity contribution >= 4 is 17.4 Å². The molecule has 5 heteroatoms. The van der Waals surface area contributed by atoms with Crippen LogP contribution >= 0.6 is 11.3 Å². The highest BCUT2D eigenvalue weighted by Gasteiger charge is 2.21. The van der Waals surface area contributed by atoms with Crippen LogP contribution in [0.1, 0.15) is 51.1 Å². The summed E-state index contributed by atoms with van der Waals surface area (Å²) in [4.78, 5) is 15.1. The van der Waals surface area contributed by atoms with E-state index in [4.69, 9.17) is 4.74 Å². The molecule has 0 aromatic carbocycles. The summed E-state index contributed by atoms with van der Waals surface area (Å²) in [5.41, 5.74) is 0.874. The van der Waals surface area contributed by atoms with Gasteiger partial charge < -0.3 is 15.0 Å². The molecule has 4 nitrogen and oxygen atoms in total. The van der Waals surface area contributed by atoms with E-state index in [0.29, 0.717) is 19.1 Å². The van der Waals surface area contributed by atoms with E-state index in [1.165, 1.54) is 10.4 Å². The number of nitrogens with zero attached hydrogens (tertiary/aromatic N) is 1. The maximum atomic E-state index is 12.0. The van der Waals surface area contributed by atoms with Crippen molar-refractivity contribution in [1.29, 1.82) is 0 Å². The van der Waals surface area contributed by atoms with Gasteiger partial charge in [0.1, 0.15) is 5.60 Å². The van der Waals surface area contributed by atoms with Gasteiger partial charge in [-0.25, -0.2) is 4.79 Å². The first kappa shape index (κ1) is 18.0. The average molecular weight is 312 g/mol. The Morgan fingerprint density at radius 2 is 2.14 bits per heavy atom. The molecule has 1 N–H and O–H groups in total. The van der Waals surface area contributed by atoms with Crippen LogP contribution < -0.4 is 5.32 Å². The monoisotopic (exact) mass is 312 g/mol. The molecular weight excluding hydrogens is 284 g/mol. The Hall–Kier alpha value is -1.07. The van der Waals surface area contributed by atoms with Crippen molar-refractivity contribution in [2.45, 2.75) is 53.2 Å². The lowest BCUT2D eigenvalue weighted by Crippen LogP contribution is -2.40. The summed E-state index contributed by atoms with van der Waals surface area (Å²) in [5, 5.41) is 5.58. The number of likely N-dealkylation sites (N-methyl/N-ethyl adjacent to an activating group) is 1. The highest BCUT2D eigenvalue weighted by Crippen LogP contribution is 2.23. The predicted octanol–water partition coefficient (Wildman–Crippen LogP) is 3.96. The molecule has 0 bridgehead atoms. The van der Waals surface area contributed by atoms with E-state index in [2.05, 4.69) is 30.6 Å². The lowest BCUT2D eigenvalue weighted by atomic mass is 10.2. The van der Waals surface area contributed by atoms with Gasteiger partial charge in [0, 0.05) is 30.6 Å². The van der Waals surface area contributed by atoms with Crippen molar-refractivity contribution in [2.75, 3.05) is 19.6 Å². The van der Waals surface area contributed by atoms with Gasteiger partial charge in [-0.1, -0.05) is 0 Å². The van der Waals surface area contributed by atoms with Gasteiger partial charge in [-0.05, 0) is 58.6 Å². The maximum Gasteiger partial charge on any atom is 0.410 e. The van der Waals surface area contributed by atoms with E-state index in [1.54, 1.807) is 16.2 Å². The van der Waals surface area contributed by atoms with Crippen molar-refractivity contribution in [2.24, 2.45) is 0 Å². The lowest BCUT2D eigenvalue weighted by molar-refractivity contribution is 0.0261. The molecule has 1 aromatic rings. The van der Waals surface area contributed by atoms with E-state index in [9.17, 15) is 4.79 Å². The van der Waals surface area contributed by atoms with Crippen LogP contribution in [-0.2, 0) is 4.74 Å². The van der Waals surface area contributed by atoms with Crippen molar-refractivity contribution in [3.63, 3.8) is 0 Å². The minimum Gasteiger partial charge on any atom is -0.444 e. The Bertz CT molecular complexity index is 451. The lowest BCUT2D eigenvalue weighted by Gasteiger charge is -2.27. The Labute approximate surface area is 132 Å². The molecule has 1 heterocycles. The highest BCUT2D eigenvalue weighted by molar-refractivity contribution is 7.10. The quantitative estimate of drug-likeness (QED) is 0.864. The third kappa shape index (κ3) is 6.06. The topological polar surface area (TPSA) is 41.6 Å². The molecule has 0 spiro atoms. The fourth-order valence-electron chi connectivity index (χ4n) is 2.04. The number of carbonyl (C=O) groups excluding carboxylic acids is 1. The predicted molar refractivity (Wildman–Crippen MR) is 89.0 cm³/mol. The molecule has 0 aliphatic rings. The molecular formula is C16H28N2O2S. The summed E-state index contributed by atoms with van der Waals surface area (Å²) in [6.45, 7) is 14.0. The van der Waals surface area contributed by atoms with Crippen LogP contribution in [-0.4, -0.2) is 36.2 Å². The SMILES string of the molecule is CCN(CCNC(C)c1sccc1C)C(=O)OC(C)(C)C. The number of hydrogen-bond donors (Lipinski definition) is 1. The molecule has 1 aromatic heterocycles. The standard InChI is InChI=1S/C16H28N2O2S/c1-7-18(15(19)20-16(4,5)6)10-9-17-13(3)14-12(2)8-11-21-14/h8,11,13,17H,7,9-10H2,1-6H3. The zero-order valence-electron chi connectivity index (χ0n) is 14.0. The minimum atomic E-state index is -0.445. The maximum absolute atomic E-state index is 12.0. The van der Waals surface area contributed by atoms with Crippen molar-refractivity contribution in [3.05, 3.63) is 21.9 Å². The average Bonchev–Trinajstić information content (AvgIpc) is 2.78. The number of hydrogen-bond acceptors (Lipinski definition) is 4. The third-order valence-electron chi connectivity index (χ3n) is 3.16. The first-order chi connectivity index (χ1) is 9.74. The van der Waals surface area contributed by atoms with Crippen molar-refractivity contribution < 1.29 is 9.53 Å². The fraction of sp³-hybridized carbons (Fsp3) is 0.688. The van der Waals surface area contributed by atoms with Crippen LogP contribution in [0.5, 0.6) is 0 Å². The second kappa shape index (κ2) is 7.80. The van der Waals surface area contributed by atoms with E-state index in [1.807, 2.05) is 27.7 Å². The van der Waals surface area contributed by atoms with Gasteiger partial charge in [-0.3, -0.25) is 0 Å². The van der Waals surface area contributed by atoms with E-state index in [0.717, 1.165) is 6.54 Å². The fourth-order valence-corrected chi connectivity index (χ4v) is 3.00. The first-order valence-corrected chi connectivity index (χ1v) is 8.38. The molecule has 1 atom stereocenters. The van der Waals surface area contributed by atoms with Crippen LogP contribution in [0.25, 0.3) is 0 Å². The van der Waals surface area contributed by atoms with Gasteiger partial charge in [0.25, 0.3) is 0 Å². The van der Waals surface area contributed by atoms with Crippen LogP contribution in [0.3, 0.4) is 0 Å². The summed E-state index contributed by atoms with van der Waals surface area (Å²) in [6, 6.07) is 2.44. The number of carbonyl (C=O) groups is 1. The van der Waals surface area contributed by atoms with Gasteiger partial charge in [0.15, 0.2) is 0 Å². The molecule has 0 saturated heterocycles. The van der Waals surface area contributed by atoms with Crippen LogP contribution in [0, 0.1) is 6.92 Å². The van der Waals surface area contributed by atoms with Gasteiger partial charge in [-0.15, -0.1) is 11.3 Å². The number of thiophene rings is 1. The molecule has 1 rings (SSSR count). The summed E-state index contributed by atoms with van der Waals surface area (Å²) in [6.07, 6.45) is -0.244. The van der Waals surface area contributed by atoms with Crippen molar-refractivity contribution in [3.8, 4) is 0 Å². The van der Waals surface area contributed by atoms with Gasteiger partial charge in [0.05, 0.1) is 0 Å². The first-order valence-electron chi connectivity index (χ1n) is 7.50. The molecule has 0 fully saturated rings. The third-order valence-corrected chi connectivity index (χ3v) is 4.36. The number of ether oxygens (including phenoxy) is 1.